The fourth-order valence-electron chi connectivity index (χ4n) is 2.49. The Morgan fingerprint density at radius 3 is 2.81 bits per heavy atom. The standard InChI is InChI=1S/C13H18F3N3OS/c14-13(15,16)10-7-21-12(19-10)4-5-18-11(20)6-8-2-1-3-9(8)17/h7-9H,1-6,17H2,(H,18,20)/t8-,9+/m0/s1. The summed E-state index contributed by atoms with van der Waals surface area (Å²) in [5, 5.41) is 4.09. The van der Waals surface area contributed by atoms with Crippen LogP contribution in [0.25, 0.3) is 0 Å². The molecule has 3 N–H and O–H groups in total. The minimum atomic E-state index is -4.41. The fourth-order valence-corrected chi connectivity index (χ4v) is 3.30. The molecule has 1 amide bonds. The van der Waals surface area contributed by atoms with Gasteiger partial charge in [-0.3, -0.25) is 4.79 Å². The van der Waals surface area contributed by atoms with Gasteiger partial charge in [-0.15, -0.1) is 11.3 Å². The van der Waals surface area contributed by atoms with Crippen LogP contribution in [0.2, 0.25) is 0 Å². The number of thiazole rings is 1. The summed E-state index contributed by atoms with van der Waals surface area (Å²) in [5.74, 6) is 0.131. The lowest BCUT2D eigenvalue weighted by Crippen LogP contribution is -2.32. The highest BCUT2D eigenvalue weighted by molar-refractivity contribution is 7.09. The number of rotatable bonds is 5. The molecule has 1 aromatic rings. The van der Waals surface area contributed by atoms with Crippen molar-refractivity contribution < 1.29 is 18.0 Å². The second kappa shape index (κ2) is 6.74. The molecule has 0 unspecified atom stereocenters. The van der Waals surface area contributed by atoms with Crippen LogP contribution >= 0.6 is 11.3 Å². The molecule has 1 fully saturated rings. The molecule has 1 aliphatic rings. The smallest absolute Gasteiger partial charge is 0.356 e. The maximum Gasteiger partial charge on any atom is 0.434 e. The van der Waals surface area contributed by atoms with E-state index < -0.39 is 11.9 Å². The molecule has 1 saturated carbocycles. The Morgan fingerprint density at radius 1 is 1.48 bits per heavy atom. The first-order valence-corrected chi connectivity index (χ1v) is 7.78. The van der Waals surface area contributed by atoms with E-state index in [-0.39, 0.29) is 17.9 Å². The van der Waals surface area contributed by atoms with Crippen molar-refractivity contribution in [1.82, 2.24) is 10.3 Å². The lowest BCUT2D eigenvalue weighted by molar-refractivity contribution is -0.140. The van der Waals surface area contributed by atoms with Gasteiger partial charge in [0.15, 0.2) is 5.69 Å². The number of nitrogens with zero attached hydrogens (tertiary/aromatic N) is 1. The van der Waals surface area contributed by atoms with Crippen LogP contribution in [0, 0.1) is 5.92 Å². The molecule has 8 heteroatoms. The topological polar surface area (TPSA) is 68.0 Å². The number of alkyl halides is 3. The molecule has 2 atom stereocenters. The average Bonchev–Trinajstić information content (AvgIpc) is 2.99. The minimum Gasteiger partial charge on any atom is -0.356 e. The molecule has 0 saturated heterocycles. The van der Waals surface area contributed by atoms with Crippen molar-refractivity contribution in [3.63, 3.8) is 0 Å². The zero-order valence-electron chi connectivity index (χ0n) is 11.4. The lowest BCUT2D eigenvalue weighted by atomic mass is 10.00. The van der Waals surface area contributed by atoms with Crippen LogP contribution in [0.1, 0.15) is 36.4 Å². The minimum absolute atomic E-state index is 0.0871. The van der Waals surface area contributed by atoms with Crippen molar-refractivity contribution in [1.29, 1.82) is 0 Å². The SMILES string of the molecule is N[C@@H]1CCC[C@H]1CC(=O)NCCc1nc(C(F)(F)F)cs1. The highest BCUT2D eigenvalue weighted by atomic mass is 32.1. The van der Waals surface area contributed by atoms with Gasteiger partial charge in [-0.2, -0.15) is 13.2 Å². The quantitative estimate of drug-likeness (QED) is 0.875. The molecular formula is C13H18F3N3OS. The number of hydrogen-bond donors (Lipinski definition) is 2. The van der Waals surface area contributed by atoms with Gasteiger partial charge in [0.05, 0.1) is 5.01 Å². The molecule has 4 nitrogen and oxygen atoms in total. The molecule has 21 heavy (non-hydrogen) atoms. The van der Waals surface area contributed by atoms with Gasteiger partial charge >= 0.3 is 6.18 Å². The molecule has 118 valence electrons. The first kappa shape index (κ1) is 16.2. The normalized spacial score (nSPS) is 22.5. The van der Waals surface area contributed by atoms with Crippen molar-refractivity contribution in [3.8, 4) is 0 Å². The summed E-state index contributed by atoms with van der Waals surface area (Å²) in [4.78, 5) is 15.3. The van der Waals surface area contributed by atoms with E-state index in [1.54, 1.807) is 0 Å². The summed E-state index contributed by atoms with van der Waals surface area (Å²) < 4.78 is 37.1. The summed E-state index contributed by atoms with van der Waals surface area (Å²) in [5.41, 5.74) is 5.03. The predicted octanol–water partition coefficient (Wildman–Crippen LogP) is 2.34. The number of aromatic nitrogens is 1. The molecule has 1 heterocycles. The fraction of sp³-hybridized carbons (Fsp3) is 0.692. The summed E-state index contributed by atoms with van der Waals surface area (Å²) in [6.07, 6.45) is -0.724. The second-order valence-corrected chi connectivity index (χ2v) is 6.23. The summed E-state index contributed by atoms with van der Waals surface area (Å²) in [7, 11) is 0. The van der Waals surface area contributed by atoms with Crippen LogP contribution in [0.3, 0.4) is 0 Å². The molecule has 0 aliphatic heterocycles. The van der Waals surface area contributed by atoms with Gasteiger partial charge in [0.25, 0.3) is 0 Å². The van der Waals surface area contributed by atoms with Crippen LogP contribution in [0.4, 0.5) is 13.2 Å². The zero-order chi connectivity index (χ0) is 15.5. The van der Waals surface area contributed by atoms with Gasteiger partial charge in [-0.25, -0.2) is 4.98 Å². The summed E-state index contributed by atoms with van der Waals surface area (Å²) in [6.45, 7) is 0.297. The predicted molar refractivity (Wildman–Crippen MR) is 73.8 cm³/mol. The number of amides is 1. The molecular weight excluding hydrogens is 303 g/mol. The molecule has 1 aliphatic carbocycles. The van der Waals surface area contributed by atoms with E-state index >= 15 is 0 Å². The monoisotopic (exact) mass is 321 g/mol. The van der Waals surface area contributed by atoms with Crippen LogP contribution in [0.15, 0.2) is 5.38 Å². The van der Waals surface area contributed by atoms with E-state index in [0.717, 1.165) is 36.0 Å². The van der Waals surface area contributed by atoms with Crippen LogP contribution in [-0.4, -0.2) is 23.5 Å². The van der Waals surface area contributed by atoms with Crippen molar-refractivity contribution in [2.45, 2.75) is 44.3 Å². The number of nitrogens with one attached hydrogen (secondary N) is 1. The molecule has 0 spiro atoms. The molecule has 1 aromatic heterocycles. The van der Waals surface area contributed by atoms with E-state index in [0.29, 0.717) is 24.4 Å². The third-order valence-electron chi connectivity index (χ3n) is 3.67. The van der Waals surface area contributed by atoms with Crippen molar-refractivity contribution in [3.05, 3.63) is 16.1 Å². The Balaban J connectivity index is 1.71. The molecule has 0 aromatic carbocycles. The van der Waals surface area contributed by atoms with Gasteiger partial charge in [-0.05, 0) is 18.8 Å². The lowest BCUT2D eigenvalue weighted by Gasteiger charge is -2.14. The van der Waals surface area contributed by atoms with E-state index in [9.17, 15) is 18.0 Å². The number of carbonyl (C=O) groups is 1. The maximum atomic E-state index is 12.4. The van der Waals surface area contributed by atoms with Gasteiger partial charge in [0.1, 0.15) is 0 Å². The summed E-state index contributed by atoms with van der Waals surface area (Å²) >= 11 is 0.959. The van der Waals surface area contributed by atoms with Gasteiger partial charge in [0, 0.05) is 30.8 Å². The number of carbonyl (C=O) groups excluding carboxylic acids is 1. The highest BCUT2D eigenvalue weighted by Gasteiger charge is 2.33. The van der Waals surface area contributed by atoms with Gasteiger partial charge in [0.2, 0.25) is 5.91 Å². The van der Waals surface area contributed by atoms with E-state index in [1.165, 1.54) is 0 Å². The average molecular weight is 321 g/mol. The van der Waals surface area contributed by atoms with E-state index in [1.807, 2.05) is 0 Å². The summed E-state index contributed by atoms with van der Waals surface area (Å²) in [6, 6.07) is 0.0871. The maximum absolute atomic E-state index is 12.4. The van der Waals surface area contributed by atoms with Crippen LogP contribution < -0.4 is 11.1 Å². The van der Waals surface area contributed by atoms with Crippen molar-refractivity contribution in [2.75, 3.05) is 6.54 Å². The Hall–Kier alpha value is -1.15. The van der Waals surface area contributed by atoms with Crippen molar-refractivity contribution >= 4 is 17.2 Å². The Bertz CT molecular complexity index is 489. The Kier molecular flexibility index (Phi) is 5.21. The number of halogens is 3. The third-order valence-corrected chi connectivity index (χ3v) is 4.58. The molecule has 2 rings (SSSR count). The zero-order valence-corrected chi connectivity index (χ0v) is 12.3. The molecule has 0 bridgehead atoms. The van der Waals surface area contributed by atoms with Crippen molar-refractivity contribution in [2.24, 2.45) is 11.7 Å². The number of hydrogen-bond acceptors (Lipinski definition) is 4. The second-order valence-electron chi connectivity index (χ2n) is 5.28. The van der Waals surface area contributed by atoms with E-state index in [2.05, 4.69) is 10.3 Å². The molecule has 0 radical (unpaired) electrons. The highest BCUT2D eigenvalue weighted by Crippen LogP contribution is 2.30. The van der Waals surface area contributed by atoms with Gasteiger partial charge < -0.3 is 11.1 Å². The Morgan fingerprint density at radius 2 is 2.24 bits per heavy atom. The first-order chi connectivity index (χ1) is 9.86. The first-order valence-electron chi connectivity index (χ1n) is 6.90. The number of nitrogens with two attached hydrogens (primary N) is 1. The van der Waals surface area contributed by atoms with Crippen LogP contribution in [0.5, 0.6) is 0 Å². The largest absolute Gasteiger partial charge is 0.434 e. The third kappa shape index (κ3) is 4.67. The van der Waals surface area contributed by atoms with E-state index in [4.69, 9.17) is 5.73 Å². The van der Waals surface area contributed by atoms with Gasteiger partial charge in [-0.1, -0.05) is 6.42 Å². The Labute approximate surface area is 124 Å². The van der Waals surface area contributed by atoms with Crippen LogP contribution in [-0.2, 0) is 17.4 Å².